The molecule has 0 bridgehead atoms. The molecule has 2 heterocycles. The highest BCUT2D eigenvalue weighted by atomic mass is 79.9. The number of imidazole rings is 1. The number of nitrogens with zero attached hydrogens (tertiary/aromatic N) is 2. The lowest BCUT2D eigenvalue weighted by Gasteiger charge is -2.18. The van der Waals surface area contributed by atoms with Gasteiger partial charge in [-0.2, -0.15) is 8.78 Å². The summed E-state index contributed by atoms with van der Waals surface area (Å²) in [5.41, 5.74) is 1.71. The molecule has 0 saturated heterocycles. The second-order valence-corrected chi connectivity index (χ2v) is 7.24. The largest absolute Gasteiger partial charge is 0.435 e. The minimum Gasteiger partial charge on any atom is -0.435 e. The van der Waals surface area contributed by atoms with Gasteiger partial charge in [0.2, 0.25) is 0 Å². The Hall–Kier alpha value is -1.77. The highest BCUT2D eigenvalue weighted by molar-refractivity contribution is 9.10. The van der Waals surface area contributed by atoms with E-state index < -0.39 is 24.5 Å². The molecule has 0 radical (unpaired) electrons. The van der Waals surface area contributed by atoms with Crippen LogP contribution in [0.4, 0.5) is 13.2 Å². The van der Waals surface area contributed by atoms with Gasteiger partial charge in [0.25, 0.3) is 0 Å². The average Bonchev–Trinajstić information content (AvgIpc) is 3.07. The molecule has 0 spiro atoms. The number of ether oxygens (including phenoxy) is 1. The Labute approximate surface area is 159 Å². The number of hydrogen-bond donors (Lipinski definition) is 1. The number of aliphatic hydroxyl groups is 1. The van der Waals surface area contributed by atoms with Crippen molar-refractivity contribution in [3.05, 3.63) is 62.7 Å². The van der Waals surface area contributed by atoms with Gasteiger partial charge in [0.1, 0.15) is 17.2 Å². The molecule has 26 heavy (non-hydrogen) atoms. The molecule has 4 rings (SSSR count). The molecule has 0 amide bonds. The van der Waals surface area contributed by atoms with Gasteiger partial charge in [-0.1, -0.05) is 11.6 Å². The van der Waals surface area contributed by atoms with Crippen LogP contribution in [0, 0.1) is 5.82 Å². The fraction of sp³-hybridized carbons (Fsp3) is 0.235. The number of hydrogen-bond acceptors (Lipinski definition) is 3. The van der Waals surface area contributed by atoms with E-state index in [1.807, 2.05) is 0 Å². The summed E-state index contributed by atoms with van der Waals surface area (Å²) >= 11 is 9.18. The van der Waals surface area contributed by atoms with Gasteiger partial charge in [-0.3, -0.25) is 0 Å². The first kappa shape index (κ1) is 17.6. The zero-order valence-corrected chi connectivity index (χ0v) is 15.3. The summed E-state index contributed by atoms with van der Waals surface area (Å²) in [5, 5.41) is 10.7. The highest BCUT2D eigenvalue weighted by Crippen LogP contribution is 2.47. The summed E-state index contributed by atoms with van der Waals surface area (Å²) in [4.78, 5) is 4.30. The second-order valence-electron chi connectivity index (χ2n) is 5.94. The van der Waals surface area contributed by atoms with Crippen molar-refractivity contribution < 1.29 is 23.0 Å². The molecule has 0 saturated carbocycles. The molecule has 136 valence electrons. The number of pyridine rings is 1. The van der Waals surface area contributed by atoms with Gasteiger partial charge in [0.05, 0.1) is 22.0 Å². The Bertz CT molecular complexity index is 1010. The third-order valence-corrected chi connectivity index (χ3v) is 5.22. The number of benzene rings is 1. The molecule has 2 atom stereocenters. The summed E-state index contributed by atoms with van der Waals surface area (Å²) in [5.74, 6) is -0.998. The van der Waals surface area contributed by atoms with Crippen molar-refractivity contribution in [3.63, 3.8) is 0 Å². The topological polar surface area (TPSA) is 46.8 Å². The molecule has 1 N–H and O–H groups in total. The van der Waals surface area contributed by atoms with Crippen LogP contribution in [0.1, 0.15) is 35.4 Å². The lowest BCUT2D eigenvalue weighted by molar-refractivity contribution is -0.0505. The Morgan fingerprint density at radius 3 is 2.85 bits per heavy atom. The SMILES string of the molecule is O[C@@H]1C[C@H](c2cc(Cl)ccc2OC(F)F)c2c1nc1cc(F)c(Br)cn21. The van der Waals surface area contributed by atoms with E-state index in [9.17, 15) is 18.3 Å². The monoisotopic (exact) mass is 446 g/mol. The van der Waals surface area contributed by atoms with Gasteiger partial charge >= 0.3 is 6.61 Å². The minimum absolute atomic E-state index is 0.0226. The van der Waals surface area contributed by atoms with Crippen LogP contribution in [0.2, 0.25) is 5.02 Å². The third-order valence-electron chi connectivity index (χ3n) is 4.40. The summed E-state index contributed by atoms with van der Waals surface area (Å²) in [7, 11) is 0. The van der Waals surface area contributed by atoms with Crippen LogP contribution in [-0.2, 0) is 0 Å². The molecular weight excluding hydrogens is 437 g/mol. The van der Waals surface area contributed by atoms with Gasteiger partial charge in [-0.15, -0.1) is 0 Å². The zero-order valence-electron chi connectivity index (χ0n) is 13.0. The van der Waals surface area contributed by atoms with Gasteiger partial charge in [-0.05, 0) is 40.5 Å². The van der Waals surface area contributed by atoms with E-state index in [1.54, 1.807) is 4.40 Å². The van der Waals surface area contributed by atoms with E-state index >= 15 is 0 Å². The molecule has 1 aliphatic carbocycles. The van der Waals surface area contributed by atoms with Gasteiger partial charge < -0.3 is 14.2 Å². The van der Waals surface area contributed by atoms with Gasteiger partial charge in [0.15, 0.2) is 0 Å². The molecule has 0 aliphatic heterocycles. The van der Waals surface area contributed by atoms with Crippen molar-refractivity contribution in [2.45, 2.75) is 25.1 Å². The van der Waals surface area contributed by atoms with E-state index in [2.05, 4.69) is 25.7 Å². The van der Waals surface area contributed by atoms with E-state index in [0.717, 1.165) is 0 Å². The van der Waals surface area contributed by atoms with Crippen molar-refractivity contribution in [1.29, 1.82) is 0 Å². The maximum atomic E-state index is 13.8. The average molecular weight is 448 g/mol. The minimum atomic E-state index is -2.99. The van der Waals surface area contributed by atoms with Crippen molar-refractivity contribution in [3.8, 4) is 5.75 Å². The Kier molecular flexibility index (Phi) is 4.37. The number of rotatable bonds is 3. The van der Waals surface area contributed by atoms with Crippen LogP contribution in [0.15, 0.2) is 34.9 Å². The molecule has 0 fully saturated rings. The number of alkyl halides is 2. The predicted molar refractivity (Wildman–Crippen MR) is 92.4 cm³/mol. The standard InChI is InChI=1S/C17H11BrClF3N2O2/c18-10-6-24-14(5-11(10)20)23-15-12(25)4-9(16(15)24)8-3-7(19)1-2-13(8)26-17(21)22/h1-3,5-6,9,12,17,25H,4H2/t9-,12-/m1/s1. The van der Waals surface area contributed by atoms with E-state index in [-0.39, 0.29) is 16.6 Å². The first-order valence-electron chi connectivity index (χ1n) is 7.64. The molecule has 3 aromatic rings. The smallest absolute Gasteiger partial charge is 0.387 e. The summed E-state index contributed by atoms with van der Waals surface area (Å²) in [6.45, 7) is -2.99. The van der Waals surface area contributed by atoms with Crippen molar-refractivity contribution in [1.82, 2.24) is 9.38 Å². The fourth-order valence-corrected chi connectivity index (χ4v) is 3.88. The first-order chi connectivity index (χ1) is 12.3. The number of aromatic nitrogens is 2. The molecule has 2 aromatic heterocycles. The molecule has 1 aliphatic rings. The van der Waals surface area contributed by atoms with Crippen LogP contribution < -0.4 is 4.74 Å². The van der Waals surface area contributed by atoms with E-state index in [0.29, 0.717) is 27.6 Å². The zero-order chi connectivity index (χ0) is 18.6. The molecule has 1 aromatic carbocycles. The summed E-state index contributed by atoms with van der Waals surface area (Å²) in [6.07, 6.45) is 0.824. The molecular formula is C17H11BrClF3N2O2. The van der Waals surface area contributed by atoms with E-state index in [1.165, 1.54) is 30.5 Å². The second kappa shape index (κ2) is 6.44. The Balaban J connectivity index is 1.92. The summed E-state index contributed by atoms with van der Waals surface area (Å²) < 4.78 is 45.8. The highest BCUT2D eigenvalue weighted by Gasteiger charge is 2.37. The molecule has 4 nitrogen and oxygen atoms in total. The van der Waals surface area contributed by atoms with Crippen molar-refractivity contribution in [2.75, 3.05) is 0 Å². The van der Waals surface area contributed by atoms with Crippen LogP contribution in [0.25, 0.3) is 5.65 Å². The molecule has 0 unspecified atom stereocenters. The maximum Gasteiger partial charge on any atom is 0.387 e. The number of fused-ring (bicyclic) bond motifs is 3. The number of aliphatic hydroxyl groups excluding tert-OH is 1. The third kappa shape index (κ3) is 2.86. The maximum absolute atomic E-state index is 13.8. The summed E-state index contributed by atoms with van der Waals surface area (Å²) in [6, 6.07) is 5.59. The normalized spacial score (nSPS) is 19.3. The quantitative estimate of drug-likeness (QED) is 0.610. The van der Waals surface area contributed by atoms with Crippen LogP contribution in [-0.4, -0.2) is 21.1 Å². The van der Waals surface area contributed by atoms with E-state index in [4.69, 9.17) is 11.6 Å². The predicted octanol–water partition coefficient (Wildman–Crippen LogP) is 5.06. The van der Waals surface area contributed by atoms with Crippen LogP contribution in [0.3, 0.4) is 0 Å². The van der Waals surface area contributed by atoms with Crippen LogP contribution >= 0.6 is 27.5 Å². The first-order valence-corrected chi connectivity index (χ1v) is 8.81. The fourth-order valence-electron chi connectivity index (χ4n) is 3.38. The van der Waals surface area contributed by atoms with Crippen LogP contribution in [0.5, 0.6) is 5.75 Å². The Morgan fingerprint density at radius 1 is 1.35 bits per heavy atom. The van der Waals surface area contributed by atoms with Gasteiger partial charge in [0, 0.05) is 28.8 Å². The van der Waals surface area contributed by atoms with Gasteiger partial charge in [-0.25, -0.2) is 9.37 Å². The lowest BCUT2D eigenvalue weighted by Crippen LogP contribution is -2.08. The molecule has 9 heteroatoms. The van der Waals surface area contributed by atoms with Crippen molar-refractivity contribution in [2.24, 2.45) is 0 Å². The number of halogens is 5. The lowest BCUT2D eigenvalue weighted by atomic mass is 9.95. The Morgan fingerprint density at radius 2 is 2.12 bits per heavy atom. The van der Waals surface area contributed by atoms with Crippen molar-refractivity contribution >= 4 is 33.2 Å².